The second-order valence-electron chi connectivity index (χ2n) is 8.10. The Bertz CT molecular complexity index is 1660. The van der Waals surface area contributed by atoms with E-state index in [2.05, 4.69) is 25.0 Å². The molecule has 3 aromatic carbocycles. The first kappa shape index (κ1) is 20.8. The first-order valence-corrected chi connectivity index (χ1v) is 11.1. The number of pyridine rings is 1. The molecule has 6 rings (SSSR count). The van der Waals surface area contributed by atoms with Crippen LogP contribution >= 0.6 is 0 Å². The summed E-state index contributed by atoms with van der Waals surface area (Å²) in [6, 6.07) is 22.7. The molecule has 0 saturated heterocycles. The Balaban J connectivity index is 1.28. The standard InChI is InChI=1S/C26H20N6O3/c1-34-19-12-10-17(11-13-19)26-27-24(35-29-26)16-31-14-18(28-30-31)15-32-22-8-4-2-6-20(22)25(33)21-7-3-5-9-23(21)32/h2-14H,15-16H2,1H3. The van der Waals surface area contributed by atoms with E-state index < -0.39 is 0 Å². The summed E-state index contributed by atoms with van der Waals surface area (Å²) in [6.45, 7) is 0.754. The predicted octanol–water partition coefficient (Wildman–Crippen LogP) is 3.90. The molecule has 0 fully saturated rings. The third kappa shape index (κ3) is 3.82. The van der Waals surface area contributed by atoms with Crippen molar-refractivity contribution in [1.82, 2.24) is 29.7 Å². The van der Waals surface area contributed by atoms with Gasteiger partial charge in [0.15, 0.2) is 5.43 Å². The molecular weight excluding hydrogens is 444 g/mol. The average Bonchev–Trinajstić information content (AvgIpc) is 3.56. The van der Waals surface area contributed by atoms with Crippen LogP contribution in [-0.2, 0) is 13.1 Å². The van der Waals surface area contributed by atoms with Crippen molar-refractivity contribution in [3.05, 3.63) is 101 Å². The highest BCUT2D eigenvalue weighted by molar-refractivity contribution is 5.93. The number of aromatic nitrogens is 6. The molecule has 0 aliphatic heterocycles. The topological polar surface area (TPSA) is 101 Å². The zero-order valence-electron chi connectivity index (χ0n) is 18.8. The minimum absolute atomic E-state index is 0.0279. The molecule has 0 unspecified atom stereocenters. The molecule has 0 aliphatic rings. The van der Waals surface area contributed by atoms with Gasteiger partial charge in [0.2, 0.25) is 11.7 Å². The van der Waals surface area contributed by atoms with Crippen LogP contribution in [0.4, 0.5) is 0 Å². The number of nitrogens with zero attached hydrogens (tertiary/aromatic N) is 6. The molecule has 0 bridgehead atoms. The lowest BCUT2D eigenvalue weighted by atomic mass is 10.1. The second kappa shape index (κ2) is 8.53. The van der Waals surface area contributed by atoms with E-state index in [0.29, 0.717) is 35.6 Å². The number of para-hydroxylation sites is 2. The maximum Gasteiger partial charge on any atom is 0.248 e. The van der Waals surface area contributed by atoms with Crippen molar-refractivity contribution in [1.29, 1.82) is 0 Å². The highest BCUT2D eigenvalue weighted by atomic mass is 16.5. The third-order valence-corrected chi connectivity index (χ3v) is 5.90. The number of benzene rings is 3. The van der Waals surface area contributed by atoms with Gasteiger partial charge in [-0.05, 0) is 48.5 Å². The van der Waals surface area contributed by atoms with Gasteiger partial charge >= 0.3 is 0 Å². The fourth-order valence-corrected chi connectivity index (χ4v) is 4.21. The van der Waals surface area contributed by atoms with E-state index in [1.165, 1.54) is 0 Å². The van der Waals surface area contributed by atoms with Gasteiger partial charge in [0.25, 0.3) is 0 Å². The molecule has 0 spiro atoms. The van der Waals surface area contributed by atoms with Crippen LogP contribution in [0.1, 0.15) is 11.6 Å². The van der Waals surface area contributed by atoms with Crippen LogP contribution < -0.4 is 10.2 Å². The van der Waals surface area contributed by atoms with Crippen LogP contribution in [0.15, 0.2) is 88.3 Å². The van der Waals surface area contributed by atoms with Crippen molar-refractivity contribution in [3.63, 3.8) is 0 Å². The number of hydrogen-bond donors (Lipinski definition) is 0. The molecule has 0 amide bonds. The highest BCUT2D eigenvalue weighted by Gasteiger charge is 2.14. The van der Waals surface area contributed by atoms with Gasteiger partial charge in [0.1, 0.15) is 18.0 Å². The quantitative estimate of drug-likeness (QED) is 0.345. The number of ether oxygens (including phenoxy) is 1. The van der Waals surface area contributed by atoms with E-state index in [4.69, 9.17) is 9.26 Å². The lowest BCUT2D eigenvalue weighted by Crippen LogP contribution is -2.12. The Hall–Kier alpha value is -4.79. The molecule has 0 N–H and O–H groups in total. The van der Waals surface area contributed by atoms with E-state index in [1.54, 1.807) is 11.8 Å². The zero-order valence-corrected chi connectivity index (χ0v) is 18.8. The van der Waals surface area contributed by atoms with Crippen LogP contribution in [0, 0.1) is 0 Å². The Morgan fingerprint density at radius 3 is 2.26 bits per heavy atom. The Labute approximate surface area is 199 Å². The Morgan fingerprint density at radius 1 is 0.886 bits per heavy atom. The number of fused-ring (bicyclic) bond motifs is 2. The number of hydrogen-bond acceptors (Lipinski definition) is 7. The van der Waals surface area contributed by atoms with Gasteiger partial charge in [0, 0.05) is 16.3 Å². The van der Waals surface area contributed by atoms with E-state index in [1.807, 2.05) is 79.0 Å². The van der Waals surface area contributed by atoms with E-state index >= 15 is 0 Å². The Morgan fingerprint density at radius 2 is 1.57 bits per heavy atom. The van der Waals surface area contributed by atoms with Gasteiger partial charge in [0.05, 0.1) is 30.9 Å². The summed E-state index contributed by atoms with van der Waals surface area (Å²) in [6.07, 6.45) is 1.85. The Kier molecular flexibility index (Phi) is 5.07. The summed E-state index contributed by atoms with van der Waals surface area (Å²) < 4.78 is 14.4. The minimum Gasteiger partial charge on any atom is -0.497 e. The average molecular weight is 464 g/mol. The molecule has 3 aromatic heterocycles. The molecule has 0 atom stereocenters. The minimum atomic E-state index is 0.0279. The molecule has 0 aliphatic carbocycles. The van der Waals surface area contributed by atoms with E-state index in [-0.39, 0.29) is 5.43 Å². The second-order valence-corrected chi connectivity index (χ2v) is 8.10. The van der Waals surface area contributed by atoms with Crippen LogP contribution in [0.2, 0.25) is 0 Å². The predicted molar refractivity (Wildman–Crippen MR) is 130 cm³/mol. The smallest absolute Gasteiger partial charge is 0.248 e. The summed E-state index contributed by atoms with van der Waals surface area (Å²) in [5.74, 6) is 1.68. The summed E-state index contributed by atoms with van der Waals surface area (Å²) in [4.78, 5) is 17.4. The van der Waals surface area contributed by atoms with Gasteiger partial charge in [-0.2, -0.15) is 4.98 Å². The number of rotatable bonds is 6. The maximum atomic E-state index is 13.0. The van der Waals surface area contributed by atoms with Gasteiger partial charge in [-0.3, -0.25) is 4.79 Å². The normalized spacial score (nSPS) is 11.3. The molecule has 0 saturated carbocycles. The first-order valence-electron chi connectivity index (χ1n) is 11.1. The van der Waals surface area contributed by atoms with Crippen molar-refractivity contribution < 1.29 is 9.26 Å². The van der Waals surface area contributed by atoms with Gasteiger partial charge in [-0.15, -0.1) is 5.10 Å². The van der Waals surface area contributed by atoms with E-state index in [9.17, 15) is 4.79 Å². The summed E-state index contributed by atoms with van der Waals surface area (Å²) >= 11 is 0. The largest absolute Gasteiger partial charge is 0.497 e. The third-order valence-electron chi connectivity index (χ3n) is 5.90. The van der Waals surface area contributed by atoms with Gasteiger partial charge in [-0.25, -0.2) is 4.68 Å². The number of methoxy groups -OCH3 is 1. The molecule has 0 radical (unpaired) electrons. The van der Waals surface area contributed by atoms with Crippen LogP contribution in [-0.4, -0.2) is 36.8 Å². The monoisotopic (exact) mass is 464 g/mol. The first-order chi connectivity index (χ1) is 17.2. The molecule has 9 heteroatoms. The van der Waals surface area contributed by atoms with Crippen LogP contribution in [0.25, 0.3) is 33.2 Å². The summed E-state index contributed by atoms with van der Waals surface area (Å²) in [7, 11) is 1.62. The van der Waals surface area contributed by atoms with Crippen LogP contribution in [0.5, 0.6) is 5.75 Å². The molecule has 172 valence electrons. The van der Waals surface area contributed by atoms with Gasteiger partial charge < -0.3 is 13.8 Å². The lowest BCUT2D eigenvalue weighted by molar-refractivity contribution is 0.364. The molecule has 35 heavy (non-hydrogen) atoms. The lowest BCUT2D eigenvalue weighted by Gasteiger charge is -2.13. The zero-order chi connectivity index (χ0) is 23.8. The van der Waals surface area contributed by atoms with Crippen molar-refractivity contribution in [2.24, 2.45) is 0 Å². The fraction of sp³-hybridized carbons (Fsp3) is 0.115. The fourth-order valence-electron chi connectivity index (χ4n) is 4.21. The van der Waals surface area contributed by atoms with Crippen molar-refractivity contribution in [2.75, 3.05) is 7.11 Å². The summed E-state index contributed by atoms with van der Waals surface area (Å²) in [5.41, 5.74) is 3.31. The highest BCUT2D eigenvalue weighted by Crippen LogP contribution is 2.21. The molecular formula is C26H20N6O3. The maximum absolute atomic E-state index is 13.0. The van der Waals surface area contributed by atoms with E-state index in [0.717, 1.165) is 28.0 Å². The van der Waals surface area contributed by atoms with Gasteiger partial charge in [-0.1, -0.05) is 34.6 Å². The molecule has 3 heterocycles. The van der Waals surface area contributed by atoms with Crippen molar-refractivity contribution in [3.8, 4) is 17.1 Å². The van der Waals surface area contributed by atoms with Crippen molar-refractivity contribution in [2.45, 2.75) is 13.1 Å². The SMILES string of the molecule is COc1ccc(-c2noc(Cn3cc(Cn4c5ccccc5c(=O)c5ccccc54)nn3)n2)cc1. The summed E-state index contributed by atoms with van der Waals surface area (Å²) in [5, 5.41) is 14.0. The molecule has 9 nitrogen and oxygen atoms in total. The van der Waals surface area contributed by atoms with Crippen LogP contribution in [0.3, 0.4) is 0 Å². The molecule has 6 aromatic rings. The van der Waals surface area contributed by atoms with Crippen molar-refractivity contribution >= 4 is 21.8 Å².